The van der Waals surface area contributed by atoms with Crippen molar-refractivity contribution in [2.75, 3.05) is 33.3 Å². The van der Waals surface area contributed by atoms with Crippen LogP contribution in [-0.2, 0) is 14.9 Å². The molecule has 1 saturated carbocycles. The Kier molecular flexibility index (Phi) is 9.06. The minimum absolute atomic E-state index is 0.0167. The lowest BCUT2D eigenvalue weighted by Gasteiger charge is -2.57. The van der Waals surface area contributed by atoms with Crippen LogP contribution in [0.3, 0.4) is 0 Å². The zero-order chi connectivity index (χ0) is 27.3. The van der Waals surface area contributed by atoms with Crippen molar-refractivity contribution < 1.29 is 19.1 Å². The van der Waals surface area contributed by atoms with Gasteiger partial charge in [0.15, 0.2) is 0 Å². The lowest BCUT2D eigenvalue weighted by molar-refractivity contribution is -0.131. The zero-order valence-electron chi connectivity index (χ0n) is 23.3. The molecule has 3 unspecified atom stereocenters. The average molecular weight is 519 g/mol. The molecule has 1 saturated heterocycles. The molecule has 0 N–H and O–H groups in total. The van der Waals surface area contributed by atoms with E-state index in [-0.39, 0.29) is 35.4 Å². The number of rotatable bonds is 9. The maximum atomic E-state index is 13.9. The number of fused-ring (bicyclic) bond motifs is 1. The summed E-state index contributed by atoms with van der Waals surface area (Å²) in [6.45, 7) is 13.1. The fraction of sp³-hybridized carbons (Fsp3) is 0.500. The van der Waals surface area contributed by atoms with E-state index in [2.05, 4.69) is 36.3 Å². The van der Waals surface area contributed by atoms with Crippen molar-refractivity contribution >= 4 is 11.9 Å². The van der Waals surface area contributed by atoms with E-state index in [1.165, 1.54) is 6.92 Å². The van der Waals surface area contributed by atoms with Gasteiger partial charge in [-0.05, 0) is 61.6 Å². The van der Waals surface area contributed by atoms with Crippen LogP contribution in [0.2, 0.25) is 0 Å². The Balaban J connectivity index is 1.77. The summed E-state index contributed by atoms with van der Waals surface area (Å²) in [5, 5.41) is 0. The highest BCUT2D eigenvalue weighted by Gasteiger charge is 2.54. The number of hydrogen-bond donors (Lipinski definition) is 0. The molecule has 2 fully saturated rings. The van der Waals surface area contributed by atoms with Crippen LogP contribution in [0.1, 0.15) is 56.0 Å². The Hall–Kier alpha value is -2.96. The number of likely N-dealkylation sites (tertiary alicyclic amines) is 1. The van der Waals surface area contributed by atoms with Gasteiger partial charge in [0.1, 0.15) is 5.75 Å². The highest BCUT2D eigenvalue weighted by Crippen LogP contribution is 2.51. The molecular formula is C32H42N2O4. The predicted molar refractivity (Wildman–Crippen MR) is 150 cm³/mol. The number of amides is 1. The van der Waals surface area contributed by atoms with Gasteiger partial charge in [-0.15, -0.1) is 6.58 Å². The monoisotopic (exact) mass is 518 g/mol. The molecule has 1 aliphatic carbocycles. The molecule has 1 heterocycles. The van der Waals surface area contributed by atoms with Gasteiger partial charge in [0, 0.05) is 56.6 Å². The number of hydrogen-bond acceptors (Lipinski definition) is 5. The van der Waals surface area contributed by atoms with Gasteiger partial charge >= 0.3 is 5.97 Å². The minimum Gasteiger partial charge on any atom is -0.427 e. The average Bonchev–Trinajstić information content (AvgIpc) is 2.91. The van der Waals surface area contributed by atoms with Crippen molar-refractivity contribution in [3.05, 3.63) is 78.4 Å². The number of nitrogens with zero attached hydrogens (tertiary/aromatic N) is 2. The molecule has 6 nitrogen and oxygen atoms in total. The third kappa shape index (κ3) is 6.02. The summed E-state index contributed by atoms with van der Waals surface area (Å²) in [5.74, 6) is 0.874. The first-order chi connectivity index (χ1) is 18.3. The van der Waals surface area contributed by atoms with Gasteiger partial charge in [0.2, 0.25) is 0 Å². The molecular weight excluding hydrogens is 476 g/mol. The highest BCUT2D eigenvalue weighted by atomic mass is 16.5. The Labute approximate surface area is 227 Å². The molecule has 204 valence electrons. The standard InChI is InChI=1S/C32H42N2O4/c1-6-16-33-17-15-32(26-13-10-14-28(18-26)38-24(4)35)20-27(19-30(37-5)29(32)22-33)34(21-23(2)3)31(36)25-11-8-7-9-12-25/h6-14,18,23,27,29-30H,1,15-17,19-22H2,2-5H3/t27-,29?,30?,32?/m0/s1. The Bertz CT molecular complexity index is 1120. The summed E-state index contributed by atoms with van der Waals surface area (Å²) in [6, 6.07) is 17.6. The van der Waals surface area contributed by atoms with Gasteiger partial charge in [0.25, 0.3) is 5.91 Å². The van der Waals surface area contributed by atoms with Crippen LogP contribution in [-0.4, -0.2) is 67.1 Å². The fourth-order valence-corrected chi connectivity index (χ4v) is 6.65. The Morgan fingerprint density at radius 2 is 1.95 bits per heavy atom. The fourth-order valence-electron chi connectivity index (χ4n) is 6.65. The van der Waals surface area contributed by atoms with Crippen molar-refractivity contribution in [2.24, 2.45) is 11.8 Å². The first kappa shape index (κ1) is 28.1. The maximum Gasteiger partial charge on any atom is 0.308 e. The number of piperidine rings is 1. The molecule has 4 atom stereocenters. The normalized spacial score (nSPS) is 25.4. The topological polar surface area (TPSA) is 59.1 Å². The second-order valence-electron chi connectivity index (χ2n) is 11.3. The lowest BCUT2D eigenvalue weighted by atomic mass is 9.56. The lowest BCUT2D eigenvalue weighted by Crippen LogP contribution is -2.62. The van der Waals surface area contributed by atoms with E-state index in [9.17, 15) is 9.59 Å². The Morgan fingerprint density at radius 3 is 2.61 bits per heavy atom. The second kappa shape index (κ2) is 12.3. The van der Waals surface area contributed by atoms with Gasteiger partial charge in [-0.3, -0.25) is 14.5 Å². The molecule has 1 amide bonds. The summed E-state index contributed by atoms with van der Waals surface area (Å²) in [4.78, 5) is 30.2. The SMILES string of the molecule is C=CCN1CCC2(c3cccc(OC(C)=O)c3)C[C@@H](N(CC(C)C)C(=O)c3ccccc3)CC(OC)C2C1. The van der Waals surface area contributed by atoms with Crippen molar-refractivity contribution in [1.82, 2.24) is 9.80 Å². The second-order valence-corrected chi connectivity index (χ2v) is 11.3. The number of benzene rings is 2. The van der Waals surface area contributed by atoms with E-state index >= 15 is 0 Å². The van der Waals surface area contributed by atoms with Crippen molar-refractivity contribution in [2.45, 2.75) is 57.6 Å². The van der Waals surface area contributed by atoms with E-state index in [0.717, 1.165) is 50.0 Å². The first-order valence-corrected chi connectivity index (χ1v) is 13.8. The molecule has 6 heteroatoms. The van der Waals surface area contributed by atoms with Crippen LogP contribution >= 0.6 is 0 Å². The zero-order valence-corrected chi connectivity index (χ0v) is 23.3. The largest absolute Gasteiger partial charge is 0.427 e. The van der Waals surface area contributed by atoms with Crippen molar-refractivity contribution in [3.63, 3.8) is 0 Å². The summed E-state index contributed by atoms with van der Waals surface area (Å²) >= 11 is 0. The van der Waals surface area contributed by atoms with E-state index in [4.69, 9.17) is 9.47 Å². The number of ether oxygens (including phenoxy) is 2. The molecule has 0 aromatic heterocycles. The van der Waals surface area contributed by atoms with Crippen LogP contribution in [0.5, 0.6) is 5.75 Å². The number of methoxy groups -OCH3 is 1. The third-order valence-corrected chi connectivity index (χ3v) is 8.24. The number of carbonyl (C=O) groups is 2. The molecule has 38 heavy (non-hydrogen) atoms. The molecule has 0 bridgehead atoms. The van der Waals surface area contributed by atoms with Gasteiger partial charge in [-0.2, -0.15) is 0 Å². The smallest absolute Gasteiger partial charge is 0.308 e. The number of carbonyl (C=O) groups excluding carboxylic acids is 2. The van der Waals surface area contributed by atoms with Gasteiger partial charge in [0.05, 0.1) is 6.10 Å². The van der Waals surface area contributed by atoms with Crippen molar-refractivity contribution in [1.29, 1.82) is 0 Å². The Morgan fingerprint density at radius 1 is 1.18 bits per heavy atom. The maximum absolute atomic E-state index is 13.9. The van der Waals surface area contributed by atoms with Crippen LogP contribution in [0.25, 0.3) is 0 Å². The highest BCUT2D eigenvalue weighted by molar-refractivity contribution is 5.94. The summed E-state index contributed by atoms with van der Waals surface area (Å²) in [7, 11) is 1.80. The van der Waals surface area contributed by atoms with E-state index in [0.29, 0.717) is 18.2 Å². The summed E-state index contributed by atoms with van der Waals surface area (Å²) in [6.07, 6.45) is 4.51. The molecule has 2 aromatic rings. The van der Waals surface area contributed by atoms with Gasteiger partial charge in [-0.25, -0.2) is 0 Å². The van der Waals surface area contributed by atoms with Gasteiger partial charge < -0.3 is 14.4 Å². The minimum atomic E-state index is -0.329. The van der Waals surface area contributed by atoms with Crippen molar-refractivity contribution in [3.8, 4) is 5.75 Å². The van der Waals surface area contributed by atoms with Crippen LogP contribution in [0.4, 0.5) is 0 Å². The van der Waals surface area contributed by atoms with E-state index in [1.54, 1.807) is 7.11 Å². The molecule has 2 aliphatic rings. The molecule has 0 spiro atoms. The number of esters is 1. The van der Waals surface area contributed by atoms with Crippen LogP contribution in [0.15, 0.2) is 67.3 Å². The van der Waals surface area contributed by atoms with Gasteiger partial charge in [-0.1, -0.05) is 50.3 Å². The predicted octanol–water partition coefficient (Wildman–Crippen LogP) is 5.33. The first-order valence-electron chi connectivity index (χ1n) is 13.8. The summed E-state index contributed by atoms with van der Waals surface area (Å²) < 4.78 is 11.7. The van der Waals surface area contributed by atoms with Crippen LogP contribution < -0.4 is 4.74 Å². The van der Waals surface area contributed by atoms with E-state index in [1.807, 2.05) is 54.6 Å². The summed E-state index contributed by atoms with van der Waals surface area (Å²) in [5.41, 5.74) is 1.66. The van der Waals surface area contributed by atoms with Crippen LogP contribution in [0, 0.1) is 11.8 Å². The molecule has 0 radical (unpaired) electrons. The molecule has 1 aliphatic heterocycles. The molecule has 4 rings (SSSR count). The third-order valence-electron chi connectivity index (χ3n) is 8.24. The quantitative estimate of drug-likeness (QED) is 0.255. The van der Waals surface area contributed by atoms with E-state index < -0.39 is 0 Å². The molecule has 2 aromatic carbocycles.